The third-order valence-electron chi connectivity index (χ3n) is 8.09. The molecule has 7 rings (SSSR count). The average Bonchev–Trinajstić information content (AvgIpc) is 3.75. The second kappa shape index (κ2) is 12.4. The van der Waals surface area contributed by atoms with Crippen molar-refractivity contribution in [1.29, 1.82) is 0 Å². The van der Waals surface area contributed by atoms with E-state index >= 15 is 0 Å². The zero-order valence-electron chi connectivity index (χ0n) is 24.8. The van der Waals surface area contributed by atoms with E-state index in [0.29, 0.717) is 46.7 Å². The summed E-state index contributed by atoms with van der Waals surface area (Å²) in [6, 6.07) is 30.7. The molecule has 2 aromatic heterocycles. The Morgan fingerprint density at radius 2 is 1.30 bits per heavy atom. The SMILES string of the molecule is O=C1NC(=O)C(c2cn(CC(O)CO)c3ccc(OCc4ccccc4)cc23)=C1c1c[nH]c2ccc(OCc3ccccc3)cc12. The first-order valence-electron chi connectivity index (χ1n) is 15.0. The summed E-state index contributed by atoms with van der Waals surface area (Å²) < 4.78 is 13.9. The molecule has 0 bridgehead atoms. The monoisotopic (exact) mass is 613 g/mol. The standard InChI is InChI=1S/C37H31N3O6/c41-20-25(42)18-40-19-31(29-16-27(12-14-33(29)40)46-22-24-9-5-2-6-10-24)35-34(36(43)39-37(35)44)30-17-38-32-13-11-26(15-28(30)32)45-21-23-7-3-1-4-8-23/h1-17,19,25,38,41-42H,18,20-22H2,(H,39,43,44). The molecule has 0 spiro atoms. The summed E-state index contributed by atoms with van der Waals surface area (Å²) in [4.78, 5) is 30.2. The average molecular weight is 614 g/mol. The Morgan fingerprint density at radius 1 is 0.717 bits per heavy atom. The van der Waals surface area contributed by atoms with Crippen LogP contribution in [0.4, 0.5) is 0 Å². The van der Waals surface area contributed by atoms with E-state index in [9.17, 15) is 19.8 Å². The number of ether oxygens (including phenoxy) is 2. The number of aliphatic hydroxyl groups is 2. The second-order valence-electron chi connectivity index (χ2n) is 11.2. The summed E-state index contributed by atoms with van der Waals surface area (Å²) >= 11 is 0. The molecular weight excluding hydrogens is 582 g/mol. The van der Waals surface area contributed by atoms with Crippen LogP contribution in [0.1, 0.15) is 22.3 Å². The van der Waals surface area contributed by atoms with Gasteiger partial charge in [0.2, 0.25) is 0 Å². The Labute approximate surface area is 264 Å². The Bertz CT molecular complexity index is 2100. The normalized spacial score (nSPS) is 13.9. The number of fused-ring (bicyclic) bond motifs is 2. The van der Waals surface area contributed by atoms with Crippen molar-refractivity contribution >= 4 is 44.8 Å². The maximum atomic E-state index is 13.5. The number of hydrogen-bond donors (Lipinski definition) is 4. The predicted octanol–water partition coefficient (Wildman–Crippen LogP) is 5.20. The zero-order chi connectivity index (χ0) is 31.6. The second-order valence-corrected chi connectivity index (χ2v) is 11.2. The van der Waals surface area contributed by atoms with Crippen LogP contribution in [0.3, 0.4) is 0 Å². The summed E-state index contributed by atoms with van der Waals surface area (Å²) in [5, 5.41) is 23.8. The van der Waals surface area contributed by atoms with Crippen molar-refractivity contribution in [2.75, 3.05) is 6.61 Å². The molecule has 9 heteroatoms. The number of nitrogens with one attached hydrogen (secondary N) is 2. The van der Waals surface area contributed by atoms with E-state index in [1.165, 1.54) is 0 Å². The molecule has 0 fully saturated rings. The van der Waals surface area contributed by atoms with E-state index in [1.807, 2.05) is 97.1 Å². The Balaban J connectivity index is 1.32. The lowest BCUT2D eigenvalue weighted by Crippen LogP contribution is -2.22. The maximum absolute atomic E-state index is 13.5. The number of carbonyl (C=O) groups is 2. The van der Waals surface area contributed by atoms with Crippen LogP contribution in [-0.4, -0.2) is 44.3 Å². The first-order valence-corrected chi connectivity index (χ1v) is 15.0. The van der Waals surface area contributed by atoms with Gasteiger partial charge in [-0.05, 0) is 47.5 Å². The van der Waals surface area contributed by atoms with Gasteiger partial charge in [0, 0.05) is 45.3 Å². The third-order valence-corrected chi connectivity index (χ3v) is 8.09. The first kappa shape index (κ1) is 29.1. The van der Waals surface area contributed by atoms with Crippen molar-refractivity contribution in [2.24, 2.45) is 0 Å². The first-order chi connectivity index (χ1) is 22.5. The fourth-order valence-corrected chi connectivity index (χ4v) is 5.85. The van der Waals surface area contributed by atoms with Crippen molar-refractivity contribution in [1.82, 2.24) is 14.9 Å². The number of aromatic nitrogens is 2. The van der Waals surface area contributed by atoms with Crippen LogP contribution >= 0.6 is 0 Å². The summed E-state index contributed by atoms with van der Waals surface area (Å²) in [6.07, 6.45) is 2.44. The Hall–Kier alpha value is -5.64. The van der Waals surface area contributed by atoms with E-state index in [1.54, 1.807) is 17.0 Å². The van der Waals surface area contributed by atoms with Gasteiger partial charge in [0.05, 0.1) is 30.4 Å². The summed E-state index contributed by atoms with van der Waals surface area (Å²) in [6.45, 7) is 0.393. The topological polar surface area (TPSA) is 126 Å². The molecule has 0 saturated heterocycles. The van der Waals surface area contributed by atoms with E-state index in [0.717, 1.165) is 22.0 Å². The number of amides is 2. The van der Waals surface area contributed by atoms with Gasteiger partial charge in [-0.2, -0.15) is 0 Å². The van der Waals surface area contributed by atoms with Crippen molar-refractivity contribution in [2.45, 2.75) is 25.9 Å². The lowest BCUT2D eigenvalue weighted by atomic mass is 9.95. The van der Waals surface area contributed by atoms with Gasteiger partial charge in [-0.1, -0.05) is 60.7 Å². The highest BCUT2D eigenvalue weighted by Crippen LogP contribution is 2.40. The van der Waals surface area contributed by atoms with Crippen LogP contribution in [0.5, 0.6) is 11.5 Å². The number of hydrogen-bond acceptors (Lipinski definition) is 6. The molecule has 2 amide bonds. The largest absolute Gasteiger partial charge is 0.489 e. The number of rotatable bonds is 11. The summed E-state index contributed by atoms with van der Waals surface area (Å²) in [7, 11) is 0. The molecule has 6 aromatic rings. The lowest BCUT2D eigenvalue weighted by molar-refractivity contribution is -0.122. The number of aliphatic hydroxyl groups excluding tert-OH is 2. The Morgan fingerprint density at radius 3 is 1.93 bits per heavy atom. The fourth-order valence-electron chi connectivity index (χ4n) is 5.85. The molecule has 1 aliphatic rings. The minimum Gasteiger partial charge on any atom is -0.489 e. The summed E-state index contributed by atoms with van der Waals surface area (Å²) in [5.74, 6) is 0.170. The highest BCUT2D eigenvalue weighted by atomic mass is 16.5. The highest BCUT2D eigenvalue weighted by molar-refractivity contribution is 6.50. The van der Waals surface area contributed by atoms with Gasteiger partial charge in [0.15, 0.2) is 0 Å². The molecule has 0 radical (unpaired) electrons. The van der Waals surface area contributed by atoms with Crippen molar-refractivity contribution in [3.8, 4) is 11.5 Å². The van der Waals surface area contributed by atoms with Crippen LogP contribution in [0.15, 0.2) is 109 Å². The van der Waals surface area contributed by atoms with Gasteiger partial charge in [-0.3, -0.25) is 14.9 Å². The van der Waals surface area contributed by atoms with Crippen molar-refractivity contribution in [3.63, 3.8) is 0 Å². The summed E-state index contributed by atoms with van der Waals surface area (Å²) in [5.41, 5.74) is 5.04. The molecule has 230 valence electrons. The van der Waals surface area contributed by atoms with E-state index in [-0.39, 0.29) is 17.7 Å². The van der Waals surface area contributed by atoms with Crippen molar-refractivity contribution in [3.05, 3.63) is 132 Å². The number of benzene rings is 4. The molecule has 1 aliphatic heterocycles. The van der Waals surface area contributed by atoms with Gasteiger partial charge in [0.1, 0.15) is 24.7 Å². The number of aromatic amines is 1. The molecule has 0 aliphatic carbocycles. The predicted molar refractivity (Wildman–Crippen MR) is 175 cm³/mol. The van der Waals surface area contributed by atoms with Gasteiger partial charge in [-0.15, -0.1) is 0 Å². The lowest BCUT2D eigenvalue weighted by Gasteiger charge is -2.10. The molecule has 9 nitrogen and oxygen atoms in total. The molecule has 1 atom stereocenters. The van der Waals surface area contributed by atoms with Gasteiger partial charge in [0.25, 0.3) is 11.8 Å². The number of imide groups is 1. The molecular formula is C37H31N3O6. The number of nitrogens with zero attached hydrogens (tertiary/aromatic N) is 1. The van der Waals surface area contributed by atoms with Gasteiger partial charge < -0.3 is 29.2 Å². The molecule has 0 saturated carbocycles. The van der Waals surface area contributed by atoms with E-state index in [4.69, 9.17) is 9.47 Å². The Kier molecular flexibility index (Phi) is 7.84. The van der Waals surface area contributed by atoms with Gasteiger partial charge >= 0.3 is 0 Å². The van der Waals surface area contributed by atoms with Crippen LogP contribution in [0.2, 0.25) is 0 Å². The molecule has 3 heterocycles. The van der Waals surface area contributed by atoms with Crippen molar-refractivity contribution < 1.29 is 29.3 Å². The minimum atomic E-state index is -1.02. The minimum absolute atomic E-state index is 0.0879. The quantitative estimate of drug-likeness (QED) is 0.149. The number of H-pyrrole nitrogens is 1. The highest BCUT2D eigenvalue weighted by Gasteiger charge is 2.35. The maximum Gasteiger partial charge on any atom is 0.259 e. The molecule has 46 heavy (non-hydrogen) atoms. The zero-order valence-corrected chi connectivity index (χ0v) is 24.8. The fraction of sp³-hybridized carbons (Fsp3) is 0.135. The van der Waals surface area contributed by atoms with Crippen LogP contribution in [-0.2, 0) is 29.3 Å². The number of carbonyl (C=O) groups excluding carboxylic acids is 2. The van der Waals surface area contributed by atoms with E-state index < -0.39 is 24.5 Å². The van der Waals surface area contributed by atoms with Gasteiger partial charge in [-0.25, -0.2) is 0 Å². The van der Waals surface area contributed by atoms with E-state index in [2.05, 4.69) is 10.3 Å². The van der Waals surface area contributed by atoms with Crippen LogP contribution in [0, 0.1) is 0 Å². The van der Waals surface area contributed by atoms with Crippen LogP contribution < -0.4 is 14.8 Å². The molecule has 4 N–H and O–H groups in total. The smallest absolute Gasteiger partial charge is 0.259 e. The molecule has 1 unspecified atom stereocenters. The third kappa shape index (κ3) is 5.65. The van der Waals surface area contributed by atoms with Crippen LogP contribution in [0.25, 0.3) is 33.0 Å². The molecule has 4 aromatic carbocycles.